The average molecular weight is 355 g/mol. The number of carbonyl (C=O) groups is 1. The minimum Gasteiger partial charge on any atom is -0.464 e. The zero-order chi connectivity index (χ0) is 18.4. The summed E-state index contributed by atoms with van der Waals surface area (Å²) in [5, 5.41) is 11.4. The summed E-state index contributed by atoms with van der Waals surface area (Å²) in [6.45, 7) is 4.85. The topological polar surface area (TPSA) is 83.9 Å². The largest absolute Gasteiger partial charge is 0.464 e. The molecule has 1 amide bonds. The zero-order valence-corrected chi connectivity index (χ0v) is 14.9. The van der Waals surface area contributed by atoms with Crippen LogP contribution in [0.1, 0.15) is 29.5 Å². The second-order valence-electron chi connectivity index (χ2n) is 7.05. The molecule has 0 bridgehead atoms. The normalized spacial score (nSPS) is 15.9. The van der Waals surface area contributed by atoms with Gasteiger partial charge in [-0.05, 0) is 43.9 Å². The van der Waals surface area contributed by atoms with E-state index >= 15 is 0 Å². The molecule has 4 rings (SSSR count). The number of carbonyl (C=O) groups excluding carboxylic acids is 1. The Balaban J connectivity index is 1.72. The molecular weight excluding hydrogens is 334 g/mol. The predicted octanol–water partition coefficient (Wildman–Crippen LogP) is 2.68. The Morgan fingerprint density at radius 1 is 1.19 bits per heavy atom. The lowest BCUT2D eigenvalue weighted by atomic mass is 10.0. The van der Waals surface area contributed by atoms with E-state index in [0.717, 1.165) is 21.9 Å². The van der Waals surface area contributed by atoms with E-state index in [2.05, 4.69) is 0 Å². The number of hydrogen-bond acceptors (Lipinski definition) is 5. The first-order chi connectivity index (χ1) is 12.4. The van der Waals surface area contributed by atoms with Crippen LogP contribution in [0.4, 0.5) is 0 Å². The molecule has 0 unspecified atom stereocenters. The molecule has 3 heterocycles. The predicted molar refractivity (Wildman–Crippen MR) is 97.3 cm³/mol. The fourth-order valence-corrected chi connectivity index (χ4v) is 3.62. The lowest BCUT2D eigenvalue weighted by molar-refractivity contribution is -0.132. The monoisotopic (exact) mass is 355 g/mol. The van der Waals surface area contributed by atoms with Gasteiger partial charge in [0.15, 0.2) is 0 Å². The van der Waals surface area contributed by atoms with Crippen LogP contribution in [0.3, 0.4) is 0 Å². The summed E-state index contributed by atoms with van der Waals surface area (Å²) in [6, 6.07) is 3.68. The summed E-state index contributed by atoms with van der Waals surface area (Å²) in [6.07, 6.45) is 2.51. The third kappa shape index (κ3) is 2.80. The van der Waals surface area contributed by atoms with Crippen LogP contribution in [-0.2, 0) is 11.2 Å². The summed E-state index contributed by atoms with van der Waals surface area (Å²) >= 11 is 0. The van der Waals surface area contributed by atoms with Gasteiger partial charge in [0.2, 0.25) is 5.91 Å². The number of aliphatic hydroxyl groups is 1. The summed E-state index contributed by atoms with van der Waals surface area (Å²) < 4.78 is 10.9. The fourth-order valence-electron chi connectivity index (χ4n) is 3.62. The number of amides is 1. The van der Waals surface area contributed by atoms with Crippen LogP contribution in [0.2, 0.25) is 0 Å². The molecule has 0 spiro atoms. The zero-order valence-electron chi connectivity index (χ0n) is 14.9. The number of likely N-dealkylation sites (tertiary alicyclic amines) is 1. The van der Waals surface area contributed by atoms with Crippen molar-refractivity contribution in [1.29, 1.82) is 0 Å². The maximum absolute atomic E-state index is 12.6. The van der Waals surface area contributed by atoms with Crippen LogP contribution in [0.25, 0.3) is 21.9 Å². The number of piperidine rings is 1. The van der Waals surface area contributed by atoms with Crippen LogP contribution >= 0.6 is 0 Å². The average Bonchev–Trinajstić information content (AvgIpc) is 2.98. The number of aliphatic hydroxyl groups excluding tert-OH is 1. The molecule has 0 radical (unpaired) electrons. The molecule has 1 aliphatic heterocycles. The van der Waals surface area contributed by atoms with Gasteiger partial charge in [-0.15, -0.1) is 0 Å². The fraction of sp³-hybridized carbons (Fsp3) is 0.400. The second kappa shape index (κ2) is 6.29. The van der Waals surface area contributed by atoms with Gasteiger partial charge in [-0.1, -0.05) is 0 Å². The first-order valence-corrected chi connectivity index (χ1v) is 8.84. The van der Waals surface area contributed by atoms with Crippen LogP contribution in [0.5, 0.6) is 0 Å². The Morgan fingerprint density at radius 3 is 2.65 bits per heavy atom. The third-order valence-corrected chi connectivity index (χ3v) is 5.32. The molecule has 0 atom stereocenters. The molecular formula is C20H21NO5. The Labute approximate surface area is 150 Å². The minimum atomic E-state index is -0.483. The van der Waals surface area contributed by atoms with Gasteiger partial charge in [-0.3, -0.25) is 4.79 Å². The van der Waals surface area contributed by atoms with Crippen LogP contribution in [0, 0.1) is 13.8 Å². The van der Waals surface area contributed by atoms with Gasteiger partial charge < -0.3 is 18.8 Å². The van der Waals surface area contributed by atoms with E-state index in [4.69, 9.17) is 8.83 Å². The molecule has 1 aliphatic rings. The van der Waals surface area contributed by atoms with Crippen molar-refractivity contribution in [2.24, 2.45) is 0 Å². The maximum Gasteiger partial charge on any atom is 0.340 e. The highest BCUT2D eigenvalue weighted by Gasteiger charge is 2.24. The van der Waals surface area contributed by atoms with E-state index in [1.165, 1.54) is 0 Å². The van der Waals surface area contributed by atoms with Gasteiger partial charge in [0, 0.05) is 29.9 Å². The maximum atomic E-state index is 12.6. The van der Waals surface area contributed by atoms with E-state index < -0.39 is 5.63 Å². The molecule has 3 aromatic rings. The Hall–Kier alpha value is -2.60. The summed E-state index contributed by atoms with van der Waals surface area (Å²) in [4.78, 5) is 26.8. The molecule has 26 heavy (non-hydrogen) atoms. The molecule has 0 aliphatic carbocycles. The highest BCUT2D eigenvalue weighted by atomic mass is 16.4. The summed E-state index contributed by atoms with van der Waals surface area (Å²) in [7, 11) is 0. The number of fused-ring (bicyclic) bond motifs is 2. The van der Waals surface area contributed by atoms with Crippen molar-refractivity contribution in [3.05, 3.63) is 45.5 Å². The van der Waals surface area contributed by atoms with Crippen LogP contribution in [-0.4, -0.2) is 35.1 Å². The molecule has 6 heteroatoms. The van der Waals surface area contributed by atoms with Gasteiger partial charge in [-0.2, -0.15) is 0 Å². The number of furan rings is 1. The quantitative estimate of drug-likeness (QED) is 0.715. The summed E-state index contributed by atoms with van der Waals surface area (Å²) in [5.74, 6) is -0.104. The van der Waals surface area contributed by atoms with E-state index in [1.807, 2.05) is 19.9 Å². The van der Waals surface area contributed by atoms with Crippen molar-refractivity contribution in [1.82, 2.24) is 4.90 Å². The smallest absolute Gasteiger partial charge is 0.340 e. The minimum absolute atomic E-state index is 0.0165. The van der Waals surface area contributed by atoms with Crippen molar-refractivity contribution in [3.63, 3.8) is 0 Å². The van der Waals surface area contributed by atoms with Gasteiger partial charge >= 0.3 is 5.63 Å². The molecule has 1 N–H and O–H groups in total. The molecule has 136 valence electrons. The van der Waals surface area contributed by atoms with Gasteiger partial charge in [0.05, 0.1) is 24.4 Å². The van der Waals surface area contributed by atoms with Crippen LogP contribution in [0.15, 0.2) is 32.0 Å². The number of rotatable bonds is 2. The SMILES string of the molecule is Cc1coc2cc3oc(=O)c(CC(=O)N4CCC(O)CC4)c(C)c3cc12. The van der Waals surface area contributed by atoms with E-state index in [1.54, 1.807) is 17.2 Å². The highest BCUT2D eigenvalue weighted by molar-refractivity contribution is 5.96. The van der Waals surface area contributed by atoms with Gasteiger partial charge in [0.1, 0.15) is 11.2 Å². The standard InChI is InChI=1S/C20H21NO5/c1-11-10-25-17-9-18-15(7-14(11)17)12(2)16(20(24)26-18)8-19(23)21-5-3-13(22)4-6-21/h7,9-10,13,22H,3-6,8H2,1-2H3. The number of benzene rings is 1. The van der Waals surface area contributed by atoms with E-state index in [0.29, 0.717) is 42.7 Å². The first kappa shape index (κ1) is 16.8. The highest BCUT2D eigenvalue weighted by Crippen LogP contribution is 2.29. The molecule has 1 fully saturated rings. The van der Waals surface area contributed by atoms with E-state index in [9.17, 15) is 14.7 Å². The molecule has 1 aromatic carbocycles. The van der Waals surface area contributed by atoms with Crippen molar-refractivity contribution in [3.8, 4) is 0 Å². The van der Waals surface area contributed by atoms with Crippen molar-refractivity contribution < 1.29 is 18.7 Å². The first-order valence-electron chi connectivity index (χ1n) is 8.84. The Bertz CT molecular complexity index is 1050. The lowest BCUT2D eigenvalue weighted by Gasteiger charge is -2.29. The number of aryl methyl sites for hydroxylation is 2. The molecule has 2 aromatic heterocycles. The van der Waals surface area contributed by atoms with Crippen molar-refractivity contribution >= 4 is 27.8 Å². The molecule has 0 saturated carbocycles. The van der Waals surface area contributed by atoms with Crippen molar-refractivity contribution in [2.75, 3.05) is 13.1 Å². The van der Waals surface area contributed by atoms with Crippen molar-refractivity contribution in [2.45, 2.75) is 39.2 Å². The van der Waals surface area contributed by atoms with E-state index in [-0.39, 0.29) is 18.4 Å². The second-order valence-corrected chi connectivity index (χ2v) is 7.05. The summed E-state index contributed by atoms with van der Waals surface area (Å²) in [5.41, 5.74) is 2.83. The number of hydrogen-bond donors (Lipinski definition) is 1. The molecule has 6 nitrogen and oxygen atoms in total. The molecule has 1 saturated heterocycles. The number of nitrogens with zero attached hydrogens (tertiary/aromatic N) is 1. The van der Waals surface area contributed by atoms with Gasteiger partial charge in [-0.25, -0.2) is 4.79 Å². The Kier molecular flexibility index (Phi) is 4.07. The van der Waals surface area contributed by atoms with Gasteiger partial charge in [0.25, 0.3) is 0 Å². The Morgan fingerprint density at radius 2 is 1.92 bits per heavy atom. The van der Waals surface area contributed by atoms with Crippen LogP contribution < -0.4 is 5.63 Å². The lowest BCUT2D eigenvalue weighted by Crippen LogP contribution is -2.41. The third-order valence-electron chi connectivity index (χ3n) is 5.32.